The number of nitrogens with zero attached hydrogens (tertiary/aromatic N) is 3. The molecule has 0 saturated heterocycles. The number of carboxylic acids is 1. The Kier molecular flexibility index (Phi) is 4.82. The molecule has 7 heteroatoms. The van der Waals surface area contributed by atoms with Crippen molar-refractivity contribution in [3.05, 3.63) is 11.6 Å². The van der Waals surface area contributed by atoms with Crippen molar-refractivity contribution < 1.29 is 14.7 Å². The lowest BCUT2D eigenvalue weighted by Gasteiger charge is -2.17. The number of nitrogens with one attached hydrogen (secondary N) is 1. The molecule has 0 saturated carbocycles. The zero-order valence-corrected chi connectivity index (χ0v) is 10.8. The number of aromatic nitrogens is 3. The fraction of sp³-hybridized carbons (Fsp3) is 0.636. The van der Waals surface area contributed by atoms with Crippen molar-refractivity contribution >= 4 is 11.9 Å². The Balaban J connectivity index is 2.73. The summed E-state index contributed by atoms with van der Waals surface area (Å²) in [5.41, 5.74) is 0. The average molecular weight is 254 g/mol. The highest BCUT2D eigenvalue weighted by Crippen LogP contribution is 2.09. The Morgan fingerprint density at radius 2 is 2.11 bits per heavy atom. The Morgan fingerprint density at radius 3 is 2.56 bits per heavy atom. The molecule has 1 aromatic heterocycles. The molecule has 2 N–H and O–H groups in total. The molecule has 7 nitrogen and oxygen atoms in total. The van der Waals surface area contributed by atoms with Gasteiger partial charge in [0.15, 0.2) is 0 Å². The van der Waals surface area contributed by atoms with Crippen LogP contribution in [0.1, 0.15) is 49.6 Å². The Morgan fingerprint density at radius 1 is 1.44 bits per heavy atom. The van der Waals surface area contributed by atoms with Crippen LogP contribution in [-0.4, -0.2) is 50.2 Å². The lowest BCUT2D eigenvalue weighted by Crippen LogP contribution is -2.33. The van der Waals surface area contributed by atoms with Gasteiger partial charge in [0, 0.05) is 19.0 Å². The summed E-state index contributed by atoms with van der Waals surface area (Å²) >= 11 is 0. The summed E-state index contributed by atoms with van der Waals surface area (Å²) < 4.78 is 0. The zero-order chi connectivity index (χ0) is 13.7. The van der Waals surface area contributed by atoms with Gasteiger partial charge in [0.25, 0.3) is 5.91 Å². The van der Waals surface area contributed by atoms with Gasteiger partial charge < -0.3 is 10.0 Å². The van der Waals surface area contributed by atoms with Crippen LogP contribution >= 0.6 is 0 Å². The van der Waals surface area contributed by atoms with E-state index >= 15 is 0 Å². The first-order chi connectivity index (χ1) is 8.45. The van der Waals surface area contributed by atoms with Gasteiger partial charge in [-0.05, 0) is 6.92 Å². The number of rotatable bonds is 6. The minimum atomic E-state index is -0.931. The van der Waals surface area contributed by atoms with Gasteiger partial charge in [-0.2, -0.15) is 0 Å². The van der Waals surface area contributed by atoms with Gasteiger partial charge in [0.05, 0.1) is 6.42 Å². The standard InChI is InChI=1S/C11H18N4O3/c1-4-15(6-5-8(16)17)11(18)10-12-9(7(2)3)13-14-10/h7H,4-6H2,1-3H3,(H,16,17)(H,12,13,14). The van der Waals surface area contributed by atoms with Crippen LogP contribution in [0.25, 0.3) is 0 Å². The van der Waals surface area contributed by atoms with Gasteiger partial charge in [-0.1, -0.05) is 13.8 Å². The lowest BCUT2D eigenvalue weighted by molar-refractivity contribution is -0.137. The number of carbonyl (C=O) groups excluding carboxylic acids is 1. The molecule has 0 radical (unpaired) electrons. The second-order valence-corrected chi connectivity index (χ2v) is 4.23. The maximum atomic E-state index is 12.0. The highest BCUT2D eigenvalue weighted by atomic mass is 16.4. The van der Waals surface area contributed by atoms with Crippen molar-refractivity contribution in [2.45, 2.75) is 33.1 Å². The van der Waals surface area contributed by atoms with Crippen molar-refractivity contribution in [1.82, 2.24) is 20.1 Å². The van der Waals surface area contributed by atoms with Crippen LogP contribution in [0, 0.1) is 0 Å². The molecule has 1 heterocycles. The van der Waals surface area contributed by atoms with E-state index < -0.39 is 5.97 Å². The first kappa shape index (κ1) is 14.1. The van der Waals surface area contributed by atoms with Crippen LogP contribution in [0.5, 0.6) is 0 Å². The molecule has 0 spiro atoms. The molecule has 1 rings (SSSR count). The summed E-state index contributed by atoms with van der Waals surface area (Å²) in [5.74, 6) is -0.382. The van der Waals surface area contributed by atoms with Crippen LogP contribution < -0.4 is 0 Å². The molecule has 0 aliphatic rings. The van der Waals surface area contributed by atoms with Crippen molar-refractivity contribution in [2.24, 2.45) is 0 Å². The van der Waals surface area contributed by atoms with E-state index in [1.165, 1.54) is 4.90 Å². The Bertz CT molecular complexity index is 428. The fourth-order valence-electron chi connectivity index (χ4n) is 1.40. The third-order valence-electron chi connectivity index (χ3n) is 2.51. The first-order valence-electron chi connectivity index (χ1n) is 5.89. The number of H-pyrrole nitrogens is 1. The molecule has 0 aliphatic heterocycles. The van der Waals surface area contributed by atoms with Crippen molar-refractivity contribution in [3.8, 4) is 0 Å². The summed E-state index contributed by atoms with van der Waals surface area (Å²) in [6.07, 6.45) is -0.0823. The molecular formula is C11H18N4O3. The lowest BCUT2D eigenvalue weighted by atomic mass is 10.2. The highest BCUT2D eigenvalue weighted by Gasteiger charge is 2.20. The number of aliphatic carboxylic acids is 1. The predicted octanol–water partition coefficient (Wildman–Crippen LogP) is 0.865. The van der Waals surface area contributed by atoms with Crippen LogP contribution in [0.15, 0.2) is 0 Å². The second kappa shape index (κ2) is 6.13. The van der Waals surface area contributed by atoms with E-state index in [9.17, 15) is 9.59 Å². The number of amides is 1. The molecule has 0 bridgehead atoms. The zero-order valence-electron chi connectivity index (χ0n) is 10.8. The molecule has 1 amide bonds. The summed E-state index contributed by atoms with van der Waals surface area (Å²) in [4.78, 5) is 28.0. The van der Waals surface area contributed by atoms with Crippen molar-refractivity contribution in [1.29, 1.82) is 0 Å². The third kappa shape index (κ3) is 3.54. The molecule has 1 aromatic rings. The minimum absolute atomic E-state index is 0.0823. The smallest absolute Gasteiger partial charge is 0.305 e. The van der Waals surface area contributed by atoms with Gasteiger partial charge in [0.1, 0.15) is 5.82 Å². The molecule has 0 fully saturated rings. The molecule has 100 valence electrons. The Hall–Kier alpha value is -1.92. The van der Waals surface area contributed by atoms with E-state index in [1.54, 1.807) is 6.92 Å². The summed E-state index contributed by atoms with van der Waals surface area (Å²) in [6, 6.07) is 0. The maximum Gasteiger partial charge on any atom is 0.305 e. The average Bonchev–Trinajstić information content (AvgIpc) is 2.78. The SMILES string of the molecule is CCN(CCC(=O)O)C(=O)c1n[nH]c(C(C)C)n1. The monoisotopic (exact) mass is 254 g/mol. The molecule has 0 aromatic carbocycles. The molecule has 0 aliphatic carbocycles. The van der Waals surface area contributed by atoms with E-state index in [2.05, 4.69) is 15.2 Å². The predicted molar refractivity (Wildman–Crippen MR) is 64.3 cm³/mol. The van der Waals surface area contributed by atoms with E-state index in [-0.39, 0.29) is 30.6 Å². The second-order valence-electron chi connectivity index (χ2n) is 4.23. The normalized spacial score (nSPS) is 10.7. The minimum Gasteiger partial charge on any atom is -0.481 e. The summed E-state index contributed by atoms with van der Waals surface area (Å²) in [6.45, 7) is 6.26. The maximum absolute atomic E-state index is 12.0. The van der Waals surface area contributed by atoms with Gasteiger partial charge in [-0.15, -0.1) is 5.10 Å². The third-order valence-corrected chi connectivity index (χ3v) is 2.51. The summed E-state index contributed by atoms with van der Waals surface area (Å²) in [5, 5.41) is 15.2. The molecule has 18 heavy (non-hydrogen) atoms. The number of hydrogen-bond donors (Lipinski definition) is 2. The van der Waals surface area contributed by atoms with Gasteiger partial charge in [-0.3, -0.25) is 14.7 Å². The molecule has 0 unspecified atom stereocenters. The van der Waals surface area contributed by atoms with Crippen LogP contribution in [0.4, 0.5) is 0 Å². The number of carboxylic acid groups (broad SMARTS) is 1. The van der Waals surface area contributed by atoms with Gasteiger partial charge in [0.2, 0.25) is 5.82 Å². The van der Waals surface area contributed by atoms with E-state index in [0.717, 1.165) is 0 Å². The van der Waals surface area contributed by atoms with Gasteiger partial charge in [-0.25, -0.2) is 4.98 Å². The van der Waals surface area contributed by atoms with Crippen molar-refractivity contribution in [3.63, 3.8) is 0 Å². The van der Waals surface area contributed by atoms with E-state index in [4.69, 9.17) is 5.11 Å². The quantitative estimate of drug-likeness (QED) is 0.784. The van der Waals surface area contributed by atoms with Crippen LogP contribution in [0.3, 0.4) is 0 Å². The fourth-order valence-corrected chi connectivity index (χ4v) is 1.40. The Labute approximate surface area is 105 Å². The first-order valence-corrected chi connectivity index (χ1v) is 5.89. The van der Waals surface area contributed by atoms with Crippen molar-refractivity contribution in [2.75, 3.05) is 13.1 Å². The number of aromatic amines is 1. The highest BCUT2D eigenvalue weighted by molar-refractivity contribution is 5.90. The number of hydrogen-bond acceptors (Lipinski definition) is 4. The van der Waals surface area contributed by atoms with Gasteiger partial charge >= 0.3 is 5.97 Å². The topological polar surface area (TPSA) is 99.2 Å². The molecular weight excluding hydrogens is 236 g/mol. The number of carbonyl (C=O) groups is 2. The molecule has 0 atom stereocenters. The van der Waals surface area contributed by atoms with Crippen LogP contribution in [0.2, 0.25) is 0 Å². The summed E-state index contributed by atoms with van der Waals surface area (Å²) in [7, 11) is 0. The largest absolute Gasteiger partial charge is 0.481 e. The van der Waals surface area contributed by atoms with E-state index in [0.29, 0.717) is 12.4 Å². The van der Waals surface area contributed by atoms with E-state index in [1.807, 2.05) is 13.8 Å². The van der Waals surface area contributed by atoms with Crippen LogP contribution in [-0.2, 0) is 4.79 Å².